The third-order valence-corrected chi connectivity index (χ3v) is 4.68. The highest BCUT2D eigenvalue weighted by molar-refractivity contribution is 9.10. The fourth-order valence-corrected chi connectivity index (χ4v) is 3.32. The monoisotopic (exact) mass is 339 g/mol. The van der Waals surface area contributed by atoms with E-state index in [4.69, 9.17) is 0 Å². The Bertz CT molecular complexity index is 553. The number of thiophene rings is 1. The molecule has 1 unspecified atom stereocenters. The summed E-state index contributed by atoms with van der Waals surface area (Å²) in [6.45, 7) is 5.09. The van der Waals surface area contributed by atoms with Crippen LogP contribution in [0.2, 0.25) is 0 Å². The van der Waals surface area contributed by atoms with Crippen molar-refractivity contribution in [3.05, 3.63) is 50.1 Å². The van der Waals surface area contributed by atoms with Gasteiger partial charge in [0.1, 0.15) is 5.75 Å². The zero-order valence-electron chi connectivity index (χ0n) is 11.1. The quantitative estimate of drug-likeness (QED) is 0.822. The first-order valence-corrected chi connectivity index (χ1v) is 8.08. The number of phenolic OH excluding ortho intramolecular Hbond substituents is 1. The minimum Gasteiger partial charge on any atom is -0.508 e. The van der Waals surface area contributed by atoms with Crippen molar-refractivity contribution >= 4 is 27.3 Å². The molecule has 0 saturated carbocycles. The van der Waals surface area contributed by atoms with Crippen molar-refractivity contribution in [2.75, 3.05) is 0 Å². The molecule has 0 radical (unpaired) electrons. The molecule has 0 aliphatic heterocycles. The van der Waals surface area contributed by atoms with Crippen LogP contribution < -0.4 is 5.32 Å². The zero-order chi connectivity index (χ0) is 13.8. The molecule has 0 aliphatic carbocycles. The van der Waals surface area contributed by atoms with Crippen LogP contribution in [0.25, 0.3) is 0 Å². The van der Waals surface area contributed by atoms with Crippen molar-refractivity contribution in [1.29, 1.82) is 0 Å². The van der Waals surface area contributed by atoms with Crippen molar-refractivity contribution in [2.24, 2.45) is 0 Å². The van der Waals surface area contributed by atoms with Crippen LogP contribution in [0.1, 0.15) is 36.1 Å². The predicted octanol–water partition coefficient (Wildman–Crippen LogP) is 4.77. The van der Waals surface area contributed by atoms with Crippen molar-refractivity contribution < 1.29 is 5.11 Å². The topological polar surface area (TPSA) is 32.3 Å². The molecule has 4 heteroatoms. The van der Waals surface area contributed by atoms with Crippen molar-refractivity contribution in [3.8, 4) is 5.75 Å². The molecule has 1 heterocycles. The van der Waals surface area contributed by atoms with Gasteiger partial charge in [0.05, 0.1) is 0 Å². The summed E-state index contributed by atoms with van der Waals surface area (Å²) in [7, 11) is 0. The Labute approximate surface area is 126 Å². The van der Waals surface area contributed by atoms with Gasteiger partial charge < -0.3 is 10.4 Å². The molecule has 0 aliphatic rings. The summed E-state index contributed by atoms with van der Waals surface area (Å²) in [5.41, 5.74) is 3.61. The maximum atomic E-state index is 9.99. The highest BCUT2D eigenvalue weighted by Crippen LogP contribution is 2.29. The Kier molecular flexibility index (Phi) is 5.02. The smallest absolute Gasteiger partial charge is 0.120 e. The Hall–Kier alpha value is -0.840. The maximum Gasteiger partial charge on any atom is 0.120 e. The first-order valence-electron chi connectivity index (χ1n) is 6.35. The van der Waals surface area contributed by atoms with E-state index in [0.29, 0.717) is 5.75 Å². The lowest BCUT2D eigenvalue weighted by Gasteiger charge is -2.19. The van der Waals surface area contributed by atoms with Crippen LogP contribution in [0.15, 0.2) is 33.4 Å². The van der Waals surface area contributed by atoms with E-state index in [0.717, 1.165) is 23.0 Å². The number of hydrogen-bond acceptors (Lipinski definition) is 3. The molecule has 2 aromatic rings. The predicted molar refractivity (Wildman–Crippen MR) is 84.7 cm³/mol. The summed E-state index contributed by atoms with van der Waals surface area (Å²) in [5, 5.41) is 17.8. The van der Waals surface area contributed by atoms with Gasteiger partial charge in [-0.25, -0.2) is 0 Å². The normalized spacial score (nSPS) is 12.6. The van der Waals surface area contributed by atoms with Gasteiger partial charge in [0.2, 0.25) is 0 Å². The highest BCUT2D eigenvalue weighted by Gasteiger charge is 2.14. The van der Waals surface area contributed by atoms with Gasteiger partial charge in [-0.3, -0.25) is 0 Å². The summed E-state index contributed by atoms with van der Waals surface area (Å²) in [6, 6.07) is 5.74. The van der Waals surface area contributed by atoms with Gasteiger partial charge in [-0.05, 0) is 53.4 Å². The third kappa shape index (κ3) is 3.59. The van der Waals surface area contributed by atoms with Crippen LogP contribution in [0, 0.1) is 6.92 Å². The molecular formula is C15H18BrNOS. The second-order valence-electron chi connectivity index (χ2n) is 4.62. The number of hydrogen-bond donors (Lipinski definition) is 2. The molecule has 0 bridgehead atoms. The first-order chi connectivity index (χ1) is 9.11. The fourth-order valence-electron chi connectivity index (χ4n) is 2.08. The molecule has 19 heavy (non-hydrogen) atoms. The Morgan fingerprint density at radius 3 is 2.79 bits per heavy atom. The summed E-state index contributed by atoms with van der Waals surface area (Å²) >= 11 is 5.19. The van der Waals surface area contributed by atoms with E-state index in [1.165, 1.54) is 11.1 Å². The van der Waals surface area contributed by atoms with Gasteiger partial charge in [-0.15, -0.1) is 0 Å². The Balaban J connectivity index is 2.12. The Morgan fingerprint density at radius 1 is 1.37 bits per heavy atom. The summed E-state index contributed by atoms with van der Waals surface area (Å²) in [4.78, 5) is 0. The van der Waals surface area contributed by atoms with Gasteiger partial charge in [-0.2, -0.15) is 11.3 Å². The molecule has 0 fully saturated rings. The lowest BCUT2D eigenvalue weighted by molar-refractivity contribution is 0.440. The van der Waals surface area contributed by atoms with Crippen molar-refractivity contribution in [1.82, 2.24) is 5.32 Å². The number of rotatable bonds is 5. The fraction of sp³-hybridized carbons (Fsp3) is 0.333. The lowest BCUT2D eigenvalue weighted by atomic mass is 10.0. The van der Waals surface area contributed by atoms with E-state index in [1.807, 2.05) is 12.1 Å². The highest BCUT2D eigenvalue weighted by atomic mass is 79.9. The van der Waals surface area contributed by atoms with Crippen LogP contribution in [0.4, 0.5) is 0 Å². The van der Waals surface area contributed by atoms with E-state index < -0.39 is 0 Å². The third-order valence-electron chi connectivity index (χ3n) is 3.27. The second kappa shape index (κ2) is 6.55. The largest absolute Gasteiger partial charge is 0.508 e. The zero-order valence-corrected chi connectivity index (χ0v) is 13.5. The number of aromatic hydroxyl groups is 1. The average molecular weight is 340 g/mol. The molecule has 2 rings (SSSR count). The van der Waals surface area contributed by atoms with E-state index in [9.17, 15) is 5.11 Å². The minimum atomic E-state index is 0.164. The molecule has 0 spiro atoms. The van der Waals surface area contributed by atoms with Crippen molar-refractivity contribution in [3.63, 3.8) is 0 Å². The molecule has 1 atom stereocenters. The van der Waals surface area contributed by atoms with Gasteiger partial charge in [0.25, 0.3) is 0 Å². The molecule has 2 N–H and O–H groups in total. The molecular weight excluding hydrogens is 322 g/mol. The van der Waals surface area contributed by atoms with Crippen LogP contribution in [-0.2, 0) is 6.54 Å². The number of benzene rings is 1. The van der Waals surface area contributed by atoms with Crippen LogP contribution in [-0.4, -0.2) is 5.11 Å². The van der Waals surface area contributed by atoms with Gasteiger partial charge in [-0.1, -0.05) is 22.9 Å². The summed E-state index contributed by atoms with van der Waals surface area (Å²) in [5.74, 6) is 0.351. The number of phenols is 1. The van der Waals surface area contributed by atoms with Crippen LogP contribution in [0.3, 0.4) is 0 Å². The Morgan fingerprint density at radius 2 is 2.16 bits per heavy atom. The van der Waals surface area contributed by atoms with Gasteiger partial charge in [0.15, 0.2) is 0 Å². The average Bonchev–Trinajstić information content (AvgIpc) is 2.80. The SMILES string of the molecule is CCC(NCc1cscc1C)c1cc(Br)ccc1O. The standard InChI is InChI=1S/C15H18BrNOS/c1-3-14(13-6-12(16)4-5-15(13)18)17-7-11-9-19-8-10(11)2/h4-6,8-9,14,17-18H,3,7H2,1-2H3. The van der Waals surface area contributed by atoms with Gasteiger partial charge >= 0.3 is 0 Å². The van der Waals surface area contributed by atoms with E-state index in [-0.39, 0.29) is 6.04 Å². The molecule has 102 valence electrons. The molecule has 1 aromatic carbocycles. The molecule has 0 amide bonds. The van der Waals surface area contributed by atoms with Crippen LogP contribution in [0.5, 0.6) is 5.75 Å². The summed E-state index contributed by atoms with van der Waals surface area (Å²) in [6.07, 6.45) is 0.938. The van der Waals surface area contributed by atoms with E-state index in [2.05, 4.69) is 45.9 Å². The second-order valence-corrected chi connectivity index (χ2v) is 6.28. The molecule has 2 nitrogen and oxygen atoms in total. The first kappa shape index (κ1) is 14.6. The lowest BCUT2D eigenvalue weighted by Crippen LogP contribution is -2.20. The minimum absolute atomic E-state index is 0.164. The van der Waals surface area contributed by atoms with E-state index >= 15 is 0 Å². The maximum absolute atomic E-state index is 9.99. The van der Waals surface area contributed by atoms with Crippen molar-refractivity contribution in [2.45, 2.75) is 32.9 Å². The summed E-state index contributed by atoms with van der Waals surface area (Å²) < 4.78 is 0.993. The molecule has 1 aromatic heterocycles. The number of halogens is 1. The van der Waals surface area contributed by atoms with Crippen LogP contribution >= 0.6 is 27.3 Å². The van der Waals surface area contributed by atoms with E-state index in [1.54, 1.807) is 17.4 Å². The number of nitrogens with one attached hydrogen (secondary N) is 1. The molecule has 0 saturated heterocycles. The number of aryl methyl sites for hydroxylation is 1. The van der Waals surface area contributed by atoms with Gasteiger partial charge in [0, 0.05) is 22.6 Å².